The minimum Gasteiger partial charge on any atom is -0.238 e. The van der Waals surface area contributed by atoms with Crippen LogP contribution in [0, 0.1) is 13.1 Å². The van der Waals surface area contributed by atoms with E-state index in [4.69, 9.17) is 33.1 Å². The Morgan fingerprint density at radius 2 is 0.430 bits per heavy atom. The average Bonchev–Trinajstić information content (AvgIpc) is 1.54. The summed E-state index contributed by atoms with van der Waals surface area (Å²) in [6.45, 7) is 16.4. The van der Waals surface area contributed by atoms with Crippen LogP contribution in [0.2, 0.25) is 0 Å². The first kappa shape index (κ1) is 69.1. The van der Waals surface area contributed by atoms with E-state index >= 15 is 0 Å². The van der Waals surface area contributed by atoms with Gasteiger partial charge in [-0.2, -0.15) is 0 Å². The van der Waals surface area contributed by atoms with Crippen molar-refractivity contribution >= 4 is 11.4 Å². The summed E-state index contributed by atoms with van der Waals surface area (Å²) in [5.41, 5.74) is 32.3. The molecule has 0 fully saturated rings. The maximum atomic E-state index is 8.22. The summed E-state index contributed by atoms with van der Waals surface area (Å²) in [5, 5.41) is 0. The summed E-state index contributed by atoms with van der Waals surface area (Å²) in [6.07, 6.45) is 0. The van der Waals surface area contributed by atoms with Gasteiger partial charge >= 0.3 is 0 Å². The lowest BCUT2D eigenvalue weighted by molar-refractivity contribution is 0.769. The molecule has 2 aromatic heterocycles. The molecule has 2 heterocycles. The molecular weight excluding hydrogens is 1380 g/mol. The first-order valence-corrected chi connectivity index (χ1v) is 38.4. The first-order chi connectivity index (χ1) is 56.4. The quantitative estimate of drug-likeness (QED) is 0.102. The number of fused-ring (bicyclic) bond motifs is 6. The minimum absolute atomic E-state index is 0.556. The lowest BCUT2D eigenvalue weighted by Gasteiger charge is -2.34. The van der Waals surface area contributed by atoms with E-state index in [9.17, 15) is 0 Å². The maximum absolute atomic E-state index is 8.22. The third kappa shape index (κ3) is 12.4. The van der Waals surface area contributed by atoms with Crippen LogP contribution in [0.25, 0.3) is 144 Å². The zero-order valence-corrected chi connectivity index (χ0v) is 62.1. The minimum atomic E-state index is -0.557. The molecule has 0 unspecified atom stereocenters. The second-order valence-electron chi connectivity index (χ2n) is 28.8. The van der Waals surface area contributed by atoms with E-state index < -0.39 is 10.8 Å². The molecule has 0 saturated carbocycles. The van der Waals surface area contributed by atoms with Crippen molar-refractivity contribution in [2.24, 2.45) is 0 Å². The van der Waals surface area contributed by atoms with Crippen LogP contribution in [-0.4, -0.2) is 19.9 Å². The SMILES string of the molecule is [C-]#[N+]c1cccc2c1-c1cc(-c3ccc(-c4cc(-c5ccc(-c6ccccc6)cc5)nc(-c5ccccc5)n4)cc3)ccc1C2(c1ccccc1)c1ccccc1.[C-]#[N+]c1cccc2c1-c1cc(-c3ccc(-c4cc(-c5ccccc5)nc(-c5cccc(-c6ccccc6)c5)n4)cc3)ccc1C2(c1ccccc1)c1ccccc1. The fourth-order valence-electron chi connectivity index (χ4n) is 17.1. The lowest BCUT2D eigenvalue weighted by atomic mass is 9.67. The molecule has 0 amide bonds. The maximum Gasteiger partial charge on any atom is 0.195 e. The molecule has 0 saturated heterocycles. The summed E-state index contributed by atoms with van der Waals surface area (Å²) in [7, 11) is 0. The van der Waals surface area contributed by atoms with Crippen LogP contribution in [0.15, 0.2) is 425 Å². The third-order valence-electron chi connectivity index (χ3n) is 22.4. The number of rotatable bonds is 14. The number of hydrogen-bond acceptors (Lipinski definition) is 4. The Bertz CT molecular complexity index is 6590. The van der Waals surface area contributed by atoms with E-state index in [2.05, 4.69) is 362 Å². The standard InChI is InChI=1S/2C54H35N3/c1-55-49-27-15-26-48-52(49)46-35-42(32-33-47(46)54(48,44-22-10-4-11-23-44)45-24-12-5-13-25-45)38-28-30-40(31-29-38)51-36-50(39-18-8-3-9-19-39)56-53(57-51)43-21-14-20-41(34-43)37-16-6-2-7-17-37;1-55-49-24-14-23-48-52(49)46-35-43(33-34-47(46)54(48,44-19-10-4-11-20-44)45-21-12-5-13-22-45)39-27-31-41(32-28-39)51-36-50(56-53(57-51)42-17-8-3-9-18-42)40-29-25-38(26-30-40)37-15-6-2-7-16-37/h2*2-36H. The molecule has 6 heteroatoms. The van der Waals surface area contributed by atoms with Gasteiger partial charge in [-0.15, -0.1) is 0 Å². The summed E-state index contributed by atoms with van der Waals surface area (Å²) < 4.78 is 0. The van der Waals surface area contributed by atoms with Gasteiger partial charge in [-0.1, -0.05) is 394 Å². The van der Waals surface area contributed by atoms with Gasteiger partial charge in [0.15, 0.2) is 23.0 Å². The average molecular weight is 1450 g/mol. The molecule has 2 aliphatic rings. The van der Waals surface area contributed by atoms with Gasteiger partial charge in [0.1, 0.15) is 0 Å². The Kier molecular flexibility index (Phi) is 18.1. The van der Waals surface area contributed by atoms with Crippen LogP contribution in [0.3, 0.4) is 0 Å². The highest BCUT2D eigenvalue weighted by Crippen LogP contribution is 2.61. The van der Waals surface area contributed by atoms with Crippen LogP contribution in [0.1, 0.15) is 44.5 Å². The van der Waals surface area contributed by atoms with Gasteiger partial charge in [0.05, 0.1) is 46.7 Å². The normalized spacial score (nSPS) is 12.3. The van der Waals surface area contributed by atoms with Gasteiger partial charge in [0.25, 0.3) is 0 Å². The molecule has 0 bridgehead atoms. The lowest BCUT2D eigenvalue weighted by Crippen LogP contribution is -2.28. The molecule has 0 N–H and O–H groups in total. The number of nitrogens with zero attached hydrogens (tertiary/aromatic N) is 6. The molecule has 6 nitrogen and oxygen atoms in total. The van der Waals surface area contributed by atoms with E-state index in [1.165, 1.54) is 44.5 Å². The number of benzene rings is 16. The summed E-state index contributed by atoms with van der Waals surface area (Å²) in [4.78, 5) is 28.5. The van der Waals surface area contributed by atoms with Crippen LogP contribution >= 0.6 is 0 Å². The van der Waals surface area contributed by atoms with Gasteiger partial charge in [-0.05, 0) is 142 Å². The summed E-state index contributed by atoms with van der Waals surface area (Å²) >= 11 is 0. The highest BCUT2D eigenvalue weighted by Gasteiger charge is 2.48. The fraction of sp³-hybridized carbons (Fsp3) is 0.0185. The highest BCUT2D eigenvalue weighted by atomic mass is 14.9. The molecule has 18 aromatic rings. The molecule has 0 aliphatic heterocycles. The topological polar surface area (TPSA) is 60.3 Å². The predicted molar refractivity (Wildman–Crippen MR) is 466 cm³/mol. The van der Waals surface area contributed by atoms with Crippen LogP contribution < -0.4 is 0 Å². The van der Waals surface area contributed by atoms with Crippen molar-refractivity contribution in [2.45, 2.75) is 10.8 Å². The second-order valence-corrected chi connectivity index (χ2v) is 28.8. The molecule has 114 heavy (non-hydrogen) atoms. The Balaban J connectivity index is 0.000000153. The smallest absolute Gasteiger partial charge is 0.195 e. The van der Waals surface area contributed by atoms with Crippen LogP contribution in [-0.2, 0) is 10.8 Å². The Morgan fingerprint density at radius 3 is 0.789 bits per heavy atom. The predicted octanol–water partition coefficient (Wildman–Crippen LogP) is 27.5. The van der Waals surface area contributed by atoms with E-state index in [0.717, 1.165) is 123 Å². The van der Waals surface area contributed by atoms with Crippen molar-refractivity contribution in [3.8, 4) is 135 Å². The molecule has 532 valence electrons. The van der Waals surface area contributed by atoms with Gasteiger partial charge < -0.3 is 0 Å². The Hall–Kier alpha value is -15.3. The van der Waals surface area contributed by atoms with Gasteiger partial charge in [0.2, 0.25) is 0 Å². The van der Waals surface area contributed by atoms with Crippen molar-refractivity contribution < 1.29 is 0 Å². The van der Waals surface area contributed by atoms with E-state index in [1.807, 2.05) is 72.8 Å². The van der Waals surface area contributed by atoms with Crippen molar-refractivity contribution in [3.05, 3.63) is 492 Å². The number of hydrogen-bond donors (Lipinski definition) is 0. The summed E-state index contributed by atoms with van der Waals surface area (Å²) in [5.74, 6) is 1.37. The fourth-order valence-corrected chi connectivity index (χ4v) is 17.1. The zero-order valence-electron chi connectivity index (χ0n) is 62.1. The van der Waals surface area contributed by atoms with E-state index in [0.29, 0.717) is 23.0 Å². The third-order valence-corrected chi connectivity index (χ3v) is 22.4. The second kappa shape index (κ2) is 29.9. The molecular formula is C108H70N6. The van der Waals surface area contributed by atoms with Gasteiger partial charge in [-0.25, -0.2) is 29.6 Å². The Morgan fingerprint density at radius 1 is 0.184 bits per heavy atom. The molecule has 20 rings (SSSR count). The van der Waals surface area contributed by atoms with Crippen LogP contribution in [0.5, 0.6) is 0 Å². The zero-order chi connectivity index (χ0) is 76.4. The Labute approximate surface area is 664 Å². The van der Waals surface area contributed by atoms with E-state index in [1.54, 1.807) is 0 Å². The van der Waals surface area contributed by atoms with Gasteiger partial charge in [0, 0.05) is 33.4 Å². The number of aromatic nitrogens is 4. The molecule has 0 radical (unpaired) electrons. The van der Waals surface area contributed by atoms with Crippen molar-refractivity contribution in [3.63, 3.8) is 0 Å². The molecule has 2 aliphatic carbocycles. The highest BCUT2D eigenvalue weighted by molar-refractivity contribution is 5.97. The van der Waals surface area contributed by atoms with Crippen molar-refractivity contribution in [2.75, 3.05) is 0 Å². The van der Waals surface area contributed by atoms with E-state index in [-0.39, 0.29) is 0 Å². The largest absolute Gasteiger partial charge is 0.238 e. The van der Waals surface area contributed by atoms with Crippen molar-refractivity contribution in [1.82, 2.24) is 19.9 Å². The van der Waals surface area contributed by atoms with Crippen LogP contribution in [0.4, 0.5) is 11.4 Å². The van der Waals surface area contributed by atoms with Gasteiger partial charge in [-0.3, -0.25) is 0 Å². The summed E-state index contributed by atoms with van der Waals surface area (Å²) in [6, 6.07) is 149. The molecule has 0 atom stereocenters. The molecule has 16 aromatic carbocycles. The molecule has 0 spiro atoms. The first-order valence-electron chi connectivity index (χ1n) is 38.4. The van der Waals surface area contributed by atoms with Crippen molar-refractivity contribution in [1.29, 1.82) is 0 Å². The monoisotopic (exact) mass is 1450 g/mol.